The molecule has 0 atom stereocenters. The summed E-state index contributed by atoms with van der Waals surface area (Å²) in [6.45, 7) is 3.41. The average Bonchev–Trinajstić information content (AvgIpc) is 2.75. The van der Waals surface area contributed by atoms with Gasteiger partial charge in [-0.2, -0.15) is 0 Å². The zero-order chi connectivity index (χ0) is 20.5. The highest BCUT2D eigenvalue weighted by atomic mass is 127. The molecule has 0 aliphatic carbocycles. The largest absolute Gasteiger partial charge is 0.497 e. The van der Waals surface area contributed by atoms with Gasteiger partial charge < -0.3 is 20.1 Å². The van der Waals surface area contributed by atoms with Crippen molar-refractivity contribution in [2.24, 2.45) is 4.99 Å². The van der Waals surface area contributed by atoms with Gasteiger partial charge in [-0.15, -0.1) is 24.0 Å². The SMILES string of the molecule is CN=C(NCc1ccc(Oc2cccc(OC)c2)nc1)NCc1cccc(C)c1.I. The molecule has 0 fully saturated rings. The number of benzene rings is 2. The summed E-state index contributed by atoms with van der Waals surface area (Å²) in [5, 5.41) is 6.62. The molecule has 30 heavy (non-hydrogen) atoms. The molecule has 2 N–H and O–H groups in total. The van der Waals surface area contributed by atoms with Crippen LogP contribution in [0.3, 0.4) is 0 Å². The van der Waals surface area contributed by atoms with Crippen molar-refractivity contribution in [2.45, 2.75) is 20.0 Å². The van der Waals surface area contributed by atoms with Crippen LogP contribution in [-0.4, -0.2) is 25.1 Å². The van der Waals surface area contributed by atoms with Crippen molar-refractivity contribution in [1.29, 1.82) is 0 Å². The third-order valence-electron chi connectivity index (χ3n) is 4.29. The van der Waals surface area contributed by atoms with Gasteiger partial charge in [-0.1, -0.05) is 42.0 Å². The monoisotopic (exact) mass is 518 g/mol. The fourth-order valence-corrected chi connectivity index (χ4v) is 2.78. The number of nitrogens with zero attached hydrogens (tertiary/aromatic N) is 2. The summed E-state index contributed by atoms with van der Waals surface area (Å²) in [5.41, 5.74) is 3.49. The summed E-state index contributed by atoms with van der Waals surface area (Å²) in [4.78, 5) is 8.64. The number of methoxy groups -OCH3 is 1. The zero-order valence-corrected chi connectivity index (χ0v) is 19.7. The molecule has 0 aliphatic heterocycles. The number of hydrogen-bond donors (Lipinski definition) is 2. The van der Waals surface area contributed by atoms with Gasteiger partial charge in [0.15, 0.2) is 5.96 Å². The topological polar surface area (TPSA) is 67.8 Å². The van der Waals surface area contributed by atoms with Crippen LogP contribution < -0.4 is 20.1 Å². The second-order valence-electron chi connectivity index (χ2n) is 6.55. The highest BCUT2D eigenvalue weighted by Crippen LogP contribution is 2.23. The van der Waals surface area contributed by atoms with Crippen LogP contribution in [0.5, 0.6) is 17.4 Å². The number of aliphatic imine (C=N–C) groups is 1. The molecule has 0 unspecified atom stereocenters. The lowest BCUT2D eigenvalue weighted by Crippen LogP contribution is -2.36. The van der Waals surface area contributed by atoms with E-state index in [9.17, 15) is 0 Å². The van der Waals surface area contributed by atoms with Gasteiger partial charge in [-0.3, -0.25) is 4.99 Å². The smallest absolute Gasteiger partial charge is 0.219 e. The molecule has 3 aromatic rings. The van der Waals surface area contributed by atoms with Gasteiger partial charge in [0, 0.05) is 38.5 Å². The van der Waals surface area contributed by atoms with Crippen molar-refractivity contribution < 1.29 is 9.47 Å². The Morgan fingerprint density at radius 2 is 1.67 bits per heavy atom. The van der Waals surface area contributed by atoms with E-state index < -0.39 is 0 Å². The Hall–Kier alpha value is -2.81. The molecular formula is C23H27IN4O2. The van der Waals surface area contributed by atoms with Gasteiger partial charge in [0.25, 0.3) is 0 Å². The van der Waals surface area contributed by atoms with Crippen molar-refractivity contribution in [2.75, 3.05) is 14.2 Å². The first-order chi connectivity index (χ1) is 14.2. The Morgan fingerprint density at radius 3 is 2.33 bits per heavy atom. The Morgan fingerprint density at radius 1 is 0.933 bits per heavy atom. The number of aromatic nitrogens is 1. The summed E-state index contributed by atoms with van der Waals surface area (Å²) < 4.78 is 11.0. The van der Waals surface area contributed by atoms with Gasteiger partial charge >= 0.3 is 0 Å². The maximum absolute atomic E-state index is 5.77. The third kappa shape index (κ3) is 7.22. The molecule has 0 radical (unpaired) electrons. The summed E-state index contributed by atoms with van der Waals surface area (Å²) in [5.74, 6) is 2.70. The fourth-order valence-electron chi connectivity index (χ4n) is 2.78. The average molecular weight is 518 g/mol. The first kappa shape index (κ1) is 23.5. The third-order valence-corrected chi connectivity index (χ3v) is 4.29. The fraction of sp³-hybridized carbons (Fsp3) is 0.217. The van der Waals surface area contributed by atoms with E-state index in [1.54, 1.807) is 20.4 Å². The molecule has 3 rings (SSSR count). The Balaban J connectivity index is 0.00000320. The molecule has 0 bridgehead atoms. The van der Waals surface area contributed by atoms with Crippen molar-refractivity contribution >= 4 is 29.9 Å². The predicted molar refractivity (Wildman–Crippen MR) is 131 cm³/mol. The van der Waals surface area contributed by atoms with E-state index in [2.05, 4.69) is 51.8 Å². The normalized spacial score (nSPS) is 10.7. The number of guanidine groups is 1. The molecule has 1 aromatic heterocycles. The van der Waals surface area contributed by atoms with Gasteiger partial charge in [-0.25, -0.2) is 4.98 Å². The van der Waals surface area contributed by atoms with Gasteiger partial charge in [0.05, 0.1) is 7.11 Å². The van der Waals surface area contributed by atoms with Gasteiger partial charge in [0.1, 0.15) is 11.5 Å². The van der Waals surface area contributed by atoms with Crippen LogP contribution in [0.1, 0.15) is 16.7 Å². The van der Waals surface area contributed by atoms with Crippen LogP contribution in [0.2, 0.25) is 0 Å². The Bertz CT molecular complexity index is 961. The Kier molecular flexibility index (Phi) is 9.40. The van der Waals surface area contributed by atoms with E-state index in [-0.39, 0.29) is 24.0 Å². The molecule has 0 aliphatic rings. The molecular weight excluding hydrogens is 491 g/mol. The molecule has 158 valence electrons. The second-order valence-corrected chi connectivity index (χ2v) is 6.55. The highest BCUT2D eigenvalue weighted by Gasteiger charge is 2.03. The molecule has 0 saturated heterocycles. The number of rotatable bonds is 7. The van der Waals surface area contributed by atoms with Crippen LogP contribution >= 0.6 is 24.0 Å². The molecule has 2 aromatic carbocycles. The number of hydrogen-bond acceptors (Lipinski definition) is 4. The maximum atomic E-state index is 5.77. The van der Waals surface area contributed by atoms with Crippen molar-refractivity contribution in [1.82, 2.24) is 15.6 Å². The minimum absolute atomic E-state index is 0. The van der Waals surface area contributed by atoms with Crippen LogP contribution in [0, 0.1) is 6.92 Å². The van der Waals surface area contributed by atoms with Gasteiger partial charge in [-0.05, 0) is 30.2 Å². The molecule has 0 spiro atoms. The van der Waals surface area contributed by atoms with Crippen LogP contribution in [0.4, 0.5) is 0 Å². The van der Waals surface area contributed by atoms with Crippen molar-refractivity contribution in [3.05, 3.63) is 83.6 Å². The lowest BCUT2D eigenvalue weighted by molar-refractivity contribution is 0.407. The van der Waals surface area contributed by atoms with E-state index >= 15 is 0 Å². The minimum atomic E-state index is 0. The lowest BCUT2D eigenvalue weighted by Gasteiger charge is -2.12. The predicted octanol–water partition coefficient (Wildman–Crippen LogP) is 4.67. The van der Waals surface area contributed by atoms with Crippen LogP contribution in [0.25, 0.3) is 0 Å². The van der Waals surface area contributed by atoms with E-state index in [0.717, 1.165) is 17.3 Å². The van der Waals surface area contributed by atoms with E-state index in [4.69, 9.17) is 9.47 Å². The number of nitrogens with one attached hydrogen (secondary N) is 2. The first-order valence-electron chi connectivity index (χ1n) is 9.43. The number of ether oxygens (including phenoxy) is 2. The number of pyridine rings is 1. The summed E-state index contributed by atoms with van der Waals surface area (Å²) in [7, 11) is 3.39. The molecule has 0 amide bonds. The zero-order valence-electron chi connectivity index (χ0n) is 17.4. The Labute approximate surface area is 194 Å². The van der Waals surface area contributed by atoms with Crippen LogP contribution in [0.15, 0.2) is 71.9 Å². The lowest BCUT2D eigenvalue weighted by atomic mass is 10.1. The van der Waals surface area contributed by atoms with Crippen LogP contribution in [-0.2, 0) is 13.1 Å². The maximum Gasteiger partial charge on any atom is 0.219 e. The minimum Gasteiger partial charge on any atom is -0.497 e. The molecule has 7 heteroatoms. The number of halogens is 1. The number of aryl methyl sites for hydroxylation is 1. The molecule has 1 heterocycles. The summed E-state index contributed by atoms with van der Waals surface area (Å²) in [6, 6.07) is 19.7. The quantitative estimate of drug-likeness (QED) is 0.270. The second kappa shape index (κ2) is 12.0. The van der Waals surface area contributed by atoms with Gasteiger partial charge in [0.2, 0.25) is 5.88 Å². The molecule has 6 nitrogen and oxygen atoms in total. The summed E-state index contributed by atoms with van der Waals surface area (Å²) in [6.07, 6.45) is 1.79. The standard InChI is InChI=1S/C23H26N4O2.HI/c1-17-6-4-7-18(12-17)14-26-23(24-2)27-16-19-10-11-22(25-15-19)29-21-9-5-8-20(13-21)28-3;/h4-13,15H,14,16H2,1-3H3,(H2,24,26,27);1H. The molecule has 0 saturated carbocycles. The van der Waals surface area contributed by atoms with Crippen molar-refractivity contribution in [3.8, 4) is 17.4 Å². The van der Waals surface area contributed by atoms with E-state index in [1.807, 2.05) is 36.4 Å². The summed E-state index contributed by atoms with van der Waals surface area (Å²) >= 11 is 0. The first-order valence-corrected chi connectivity index (χ1v) is 9.43. The van der Waals surface area contributed by atoms with Crippen molar-refractivity contribution in [3.63, 3.8) is 0 Å². The van der Waals surface area contributed by atoms with E-state index in [0.29, 0.717) is 24.7 Å². The van der Waals surface area contributed by atoms with E-state index in [1.165, 1.54) is 11.1 Å². The highest BCUT2D eigenvalue weighted by molar-refractivity contribution is 14.0.